The number of aliphatic hydroxyl groups is 4. The molecule has 3 fully saturated rings. The summed E-state index contributed by atoms with van der Waals surface area (Å²) in [5.74, 6) is -4.61. The van der Waals surface area contributed by atoms with E-state index in [1.165, 1.54) is 13.8 Å². The molecule has 2 saturated carbocycles. The second-order valence-electron chi connectivity index (χ2n) is 13.1. The van der Waals surface area contributed by atoms with E-state index in [9.17, 15) is 34.8 Å². The van der Waals surface area contributed by atoms with E-state index in [1.807, 2.05) is 0 Å². The molecule has 10 atom stereocenters. The van der Waals surface area contributed by atoms with Gasteiger partial charge in [0, 0.05) is 43.4 Å². The van der Waals surface area contributed by atoms with Crippen LogP contribution in [-0.2, 0) is 28.5 Å². The van der Waals surface area contributed by atoms with Gasteiger partial charge >= 0.3 is 17.9 Å². The molecule has 0 amide bonds. The lowest BCUT2D eigenvalue weighted by Gasteiger charge is -2.69. The monoisotopic (exact) mass is 588 g/mol. The smallest absolute Gasteiger partial charge is 0.338 e. The first-order valence-corrected chi connectivity index (χ1v) is 14.2. The van der Waals surface area contributed by atoms with Crippen molar-refractivity contribution < 1.29 is 53.8 Å². The van der Waals surface area contributed by atoms with E-state index in [-0.39, 0.29) is 30.8 Å². The maximum absolute atomic E-state index is 13.7. The quantitative estimate of drug-likeness (QED) is 0.301. The van der Waals surface area contributed by atoms with E-state index < -0.39 is 82.3 Å². The first-order valence-electron chi connectivity index (χ1n) is 14.2. The van der Waals surface area contributed by atoms with Crippen LogP contribution in [0, 0.1) is 22.7 Å². The molecule has 0 aromatic heterocycles. The van der Waals surface area contributed by atoms with E-state index in [2.05, 4.69) is 0 Å². The van der Waals surface area contributed by atoms with Gasteiger partial charge in [-0.05, 0) is 24.6 Å². The molecular formula is C31H40O11. The molecule has 4 aliphatic rings. The van der Waals surface area contributed by atoms with E-state index in [1.54, 1.807) is 58.0 Å². The van der Waals surface area contributed by atoms with Crippen LogP contribution >= 0.6 is 0 Å². The fourth-order valence-corrected chi connectivity index (χ4v) is 8.37. The molecule has 11 heteroatoms. The highest BCUT2D eigenvalue weighted by Crippen LogP contribution is 2.65. The predicted octanol–water partition coefficient (Wildman–Crippen LogP) is 2.22. The summed E-state index contributed by atoms with van der Waals surface area (Å²) in [5, 5.41) is 48.0. The summed E-state index contributed by atoms with van der Waals surface area (Å²) < 4.78 is 23.8. The predicted molar refractivity (Wildman–Crippen MR) is 146 cm³/mol. The van der Waals surface area contributed by atoms with Gasteiger partial charge in [0.2, 0.25) is 0 Å². The van der Waals surface area contributed by atoms with Crippen LogP contribution in [0.15, 0.2) is 41.7 Å². The topological polar surface area (TPSA) is 169 Å². The highest BCUT2D eigenvalue weighted by atomic mass is 16.6. The molecule has 42 heavy (non-hydrogen) atoms. The third-order valence-corrected chi connectivity index (χ3v) is 10.6. The van der Waals surface area contributed by atoms with Crippen LogP contribution in [0.2, 0.25) is 0 Å². The lowest BCUT2D eigenvalue weighted by atomic mass is 9.43. The molecule has 0 spiro atoms. The number of hydrogen-bond donors (Lipinski definition) is 4. The number of carbonyl (C=O) groups excluding carboxylic acids is 3. The Morgan fingerprint density at radius 1 is 1.00 bits per heavy atom. The Hall–Kier alpha value is -2.99. The van der Waals surface area contributed by atoms with Crippen LogP contribution in [0.1, 0.15) is 64.7 Å². The van der Waals surface area contributed by atoms with Gasteiger partial charge in [0.25, 0.3) is 0 Å². The van der Waals surface area contributed by atoms with E-state index in [4.69, 9.17) is 18.9 Å². The Morgan fingerprint density at radius 2 is 1.64 bits per heavy atom. The van der Waals surface area contributed by atoms with Crippen LogP contribution in [0.3, 0.4) is 0 Å². The van der Waals surface area contributed by atoms with Gasteiger partial charge in [0.1, 0.15) is 23.9 Å². The molecule has 1 aromatic carbocycles. The van der Waals surface area contributed by atoms with Crippen molar-refractivity contribution in [2.75, 3.05) is 6.61 Å². The maximum atomic E-state index is 13.7. The summed E-state index contributed by atoms with van der Waals surface area (Å²) in [6.45, 7) is 8.81. The summed E-state index contributed by atoms with van der Waals surface area (Å²) in [6, 6.07) is 8.12. The number of carbonyl (C=O) groups is 3. The third-order valence-electron chi connectivity index (χ3n) is 10.6. The zero-order valence-electron chi connectivity index (χ0n) is 24.7. The Balaban J connectivity index is 1.83. The number of hydrogen-bond acceptors (Lipinski definition) is 11. The van der Waals surface area contributed by atoms with Crippen molar-refractivity contribution in [2.24, 2.45) is 22.7 Å². The second kappa shape index (κ2) is 10.0. The molecule has 3 aliphatic carbocycles. The van der Waals surface area contributed by atoms with Gasteiger partial charge in [0.15, 0.2) is 5.60 Å². The third kappa shape index (κ3) is 4.11. The molecule has 1 saturated heterocycles. The number of ether oxygens (including phenoxy) is 4. The number of aliphatic hydroxyl groups excluding tert-OH is 3. The van der Waals surface area contributed by atoms with Crippen LogP contribution in [0.4, 0.5) is 0 Å². The minimum atomic E-state index is -2.07. The average molecular weight is 589 g/mol. The lowest BCUT2D eigenvalue weighted by molar-refractivity contribution is -0.371. The van der Waals surface area contributed by atoms with Crippen molar-refractivity contribution in [1.82, 2.24) is 0 Å². The molecule has 11 nitrogen and oxygen atoms in total. The summed E-state index contributed by atoms with van der Waals surface area (Å²) in [4.78, 5) is 38.7. The van der Waals surface area contributed by atoms with Gasteiger partial charge < -0.3 is 39.4 Å². The van der Waals surface area contributed by atoms with Crippen LogP contribution < -0.4 is 0 Å². The Kier molecular flexibility index (Phi) is 7.28. The standard InChI is InChI=1S/C31H40O11/c1-15-19(34)13-31(38)26(41-27(37)18-10-8-7-9-11-18)24-29(6,25(36)23(35)22(15)28(31,4)5)20(40-16(2)32)12-21-30(24,14-39-21)42-17(3)33/h7-11,20-26,34-36,38H,12-14H2,1-6H3/t20-,21+,22+,23+,24-,25+,26+,29+,30-,31+/m0/s1. The van der Waals surface area contributed by atoms with Crippen molar-refractivity contribution in [3.05, 3.63) is 47.2 Å². The SMILES string of the molecule is CC(=O)O[C@H]1C[C@H]2OC[C@@]2(OC(C)=O)[C@H]2[C@@H](OC(=O)c3ccccc3)[C@]3(O)CC(O)=C(C)[C@H]([C@@H](O)[C@@H](O)[C@]12C)C3(C)C. The number of rotatable bonds is 4. The van der Waals surface area contributed by atoms with Gasteiger partial charge in [-0.15, -0.1) is 0 Å². The Morgan fingerprint density at radius 3 is 2.19 bits per heavy atom. The lowest BCUT2D eigenvalue weighted by Crippen LogP contribution is -2.83. The van der Waals surface area contributed by atoms with Gasteiger partial charge in [-0.25, -0.2) is 4.79 Å². The first-order chi connectivity index (χ1) is 19.5. The van der Waals surface area contributed by atoms with E-state index in [0.717, 1.165) is 0 Å². The van der Waals surface area contributed by atoms with E-state index in [0.29, 0.717) is 5.57 Å². The number of esters is 3. The molecule has 4 N–H and O–H groups in total. The zero-order valence-corrected chi connectivity index (χ0v) is 24.7. The molecule has 230 valence electrons. The molecule has 0 radical (unpaired) electrons. The normalized spacial score (nSPS) is 42.1. The van der Waals surface area contributed by atoms with E-state index >= 15 is 0 Å². The zero-order chi connectivity index (χ0) is 31.0. The van der Waals surface area contributed by atoms with Crippen molar-refractivity contribution in [2.45, 2.75) is 96.1 Å². The second-order valence-corrected chi connectivity index (χ2v) is 13.1. The first kappa shape index (κ1) is 30.5. The van der Waals surface area contributed by atoms with Crippen molar-refractivity contribution in [3.63, 3.8) is 0 Å². The molecule has 1 aromatic rings. The van der Waals surface area contributed by atoms with Crippen LogP contribution in [0.5, 0.6) is 0 Å². The minimum absolute atomic E-state index is 0.00948. The fraction of sp³-hybridized carbons (Fsp3) is 0.645. The molecule has 1 aliphatic heterocycles. The van der Waals surface area contributed by atoms with Gasteiger partial charge in [0.05, 0.1) is 36.1 Å². The molecule has 1 heterocycles. The minimum Gasteiger partial charge on any atom is -0.512 e. The fourth-order valence-electron chi connectivity index (χ4n) is 8.37. The van der Waals surface area contributed by atoms with Crippen molar-refractivity contribution in [3.8, 4) is 0 Å². The maximum Gasteiger partial charge on any atom is 0.338 e. The summed E-state index contributed by atoms with van der Waals surface area (Å²) in [6.07, 6.45) is -7.07. The van der Waals surface area contributed by atoms with Gasteiger partial charge in [-0.3, -0.25) is 9.59 Å². The largest absolute Gasteiger partial charge is 0.512 e. The molecule has 2 bridgehead atoms. The Bertz CT molecular complexity index is 1310. The summed E-state index contributed by atoms with van der Waals surface area (Å²) >= 11 is 0. The highest BCUT2D eigenvalue weighted by Gasteiger charge is 2.78. The Labute approximate surface area is 244 Å². The molecular weight excluding hydrogens is 548 g/mol. The van der Waals surface area contributed by atoms with Crippen LogP contribution in [0.25, 0.3) is 0 Å². The highest BCUT2D eigenvalue weighted by molar-refractivity contribution is 5.89. The molecule has 5 rings (SSSR count). The van der Waals surface area contributed by atoms with Crippen molar-refractivity contribution in [1.29, 1.82) is 0 Å². The molecule has 0 unspecified atom stereocenters. The van der Waals surface area contributed by atoms with Crippen molar-refractivity contribution >= 4 is 17.9 Å². The summed E-state index contributed by atoms with van der Waals surface area (Å²) in [7, 11) is 0. The average Bonchev–Trinajstić information content (AvgIpc) is 2.90. The van der Waals surface area contributed by atoms with Gasteiger partial charge in [-0.1, -0.05) is 39.0 Å². The number of fused-ring (bicyclic) bond motifs is 5. The number of benzene rings is 1. The van der Waals surface area contributed by atoms with Gasteiger partial charge in [-0.2, -0.15) is 0 Å². The van der Waals surface area contributed by atoms with Crippen LogP contribution in [-0.4, -0.2) is 86.7 Å². The summed E-state index contributed by atoms with van der Waals surface area (Å²) in [5.41, 5.74) is -6.00.